The van der Waals surface area contributed by atoms with Gasteiger partial charge in [-0.15, -0.1) is 0 Å². The highest BCUT2D eigenvalue weighted by Crippen LogP contribution is 2.30. The maximum Gasteiger partial charge on any atom is 0.329 e. The molecule has 2 aliphatic rings. The molecule has 0 N–H and O–H groups in total. The van der Waals surface area contributed by atoms with Gasteiger partial charge in [-0.2, -0.15) is 0 Å². The van der Waals surface area contributed by atoms with Gasteiger partial charge in [0.1, 0.15) is 5.75 Å². The first-order chi connectivity index (χ1) is 10.8. The van der Waals surface area contributed by atoms with Crippen molar-refractivity contribution < 1.29 is 19.1 Å². The number of carbonyl (C=O) groups excluding carboxylic acids is 2. The molecule has 2 atom stereocenters. The zero-order chi connectivity index (χ0) is 16.8. The lowest BCUT2D eigenvalue weighted by Gasteiger charge is -2.30. The van der Waals surface area contributed by atoms with E-state index < -0.39 is 17.9 Å². The fourth-order valence-corrected chi connectivity index (χ4v) is 3.36. The van der Waals surface area contributed by atoms with Gasteiger partial charge in [0.15, 0.2) is 5.92 Å². The lowest BCUT2D eigenvalue weighted by molar-refractivity contribution is -0.154. The number of ether oxygens (including phenoxy) is 2. The zero-order valence-electron chi connectivity index (χ0n) is 13.9. The minimum atomic E-state index is -0.993. The summed E-state index contributed by atoms with van der Waals surface area (Å²) in [5, 5.41) is 1.62. The first-order valence-electron chi connectivity index (χ1n) is 7.95. The molecule has 5 heteroatoms. The average Bonchev–Trinajstić information content (AvgIpc) is 2.44. The molecule has 0 aliphatic carbocycles. The summed E-state index contributed by atoms with van der Waals surface area (Å²) in [4.78, 5) is 28.7. The van der Waals surface area contributed by atoms with Gasteiger partial charge in [0, 0.05) is 11.3 Å². The van der Waals surface area contributed by atoms with Crippen LogP contribution in [0.25, 0.3) is 6.08 Å². The van der Waals surface area contributed by atoms with Crippen molar-refractivity contribution >= 4 is 18.0 Å². The maximum atomic E-state index is 12.0. The standard InChI is InChI=1S/C18H21NO4/c1-5-22-16(20)13-7-11-6-12-10(2)9-18(3,4)19-14(12)8-15(11)23-17(13)21/h6-8,10,13H,5,9H2,1-4H3. The summed E-state index contributed by atoms with van der Waals surface area (Å²) in [6.07, 6.45) is 2.59. The van der Waals surface area contributed by atoms with E-state index in [9.17, 15) is 9.59 Å². The molecule has 2 heterocycles. The van der Waals surface area contributed by atoms with Crippen LogP contribution in [0.15, 0.2) is 17.1 Å². The predicted molar refractivity (Wildman–Crippen MR) is 84.6 cm³/mol. The molecule has 0 spiro atoms. The summed E-state index contributed by atoms with van der Waals surface area (Å²) in [6.45, 7) is 8.31. The van der Waals surface area contributed by atoms with Crippen molar-refractivity contribution in [2.45, 2.75) is 45.6 Å². The van der Waals surface area contributed by atoms with Crippen LogP contribution in [0.2, 0.25) is 0 Å². The summed E-state index contributed by atoms with van der Waals surface area (Å²) in [6, 6.07) is 3.78. The second kappa shape index (κ2) is 5.48. The van der Waals surface area contributed by atoms with Crippen molar-refractivity contribution in [3.63, 3.8) is 0 Å². The minimum absolute atomic E-state index is 0.128. The van der Waals surface area contributed by atoms with Crippen molar-refractivity contribution in [1.82, 2.24) is 0 Å². The van der Waals surface area contributed by atoms with E-state index in [1.807, 2.05) is 6.07 Å². The van der Waals surface area contributed by atoms with Crippen LogP contribution in [-0.4, -0.2) is 24.1 Å². The minimum Gasteiger partial charge on any atom is -0.465 e. The molecule has 2 unspecified atom stereocenters. The Bertz CT molecular complexity index is 794. The van der Waals surface area contributed by atoms with Gasteiger partial charge in [-0.1, -0.05) is 6.92 Å². The fraction of sp³-hybridized carbons (Fsp3) is 0.500. The second-order valence-electron chi connectivity index (χ2n) is 6.80. The lowest BCUT2D eigenvalue weighted by Crippen LogP contribution is -2.38. The van der Waals surface area contributed by atoms with E-state index >= 15 is 0 Å². The number of carbonyl (C=O) groups is 2. The molecule has 122 valence electrons. The van der Waals surface area contributed by atoms with Gasteiger partial charge in [-0.3, -0.25) is 14.6 Å². The van der Waals surface area contributed by atoms with Crippen molar-refractivity contribution in [3.05, 3.63) is 28.3 Å². The summed E-state index contributed by atoms with van der Waals surface area (Å²) in [5.74, 6) is -1.34. The SMILES string of the molecule is CCOC(=O)C1C=c2cc3c(cc2OC1=O)=NC(C)(C)CC3C. The molecule has 0 saturated heterocycles. The fourth-order valence-electron chi connectivity index (χ4n) is 3.36. The van der Waals surface area contributed by atoms with E-state index in [0.29, 0.717) is 11.7 Å². The molecule has 0 radical (unpaired) electrons. The van der Waals surface area contributed by atoms with Crippen LogP contribution in [0.4, 0.5) is 0 Å². The highest BCUT2D eigenvalue weighted by atomic mass is 16.6. The number of hydrogen-bond donors (Lipinski definition) is 0. The van der Waals surface area contributed by atoms with Crippen molar-refractivity contribution in [2.24, 2.45) is 10.9 Å². The number of rotatable bonds is 2. The Morgan fingerprint density at radius 2 is 2.17 bits per heavy atom. The number of esters is 2. The Morgan fingerprint density at radius 3 is 2.87 bits per heavy atom. The molecule has 3 rings (SSSR count). The highest BCUT2D eigenvalue weighted by Gasteiger charge is 2.33. The number of hydrogen-bond acceptors (Lipinski definition) is 5. The number of benzene rings is 1. The molecular formula is C18H21NO4. The Balaban J connectivity index is 2.13. The van der Waals surface area contributed by atoms with Gasteiger partial charge in [-0.25, -0.2) is 0 Å². The predicted octanol–water partition coefficient (Wildman–Crippen LogP) is 1.47. The third kappa shape index (κ3) is 2.87. The van der Waals surface area contributed by atoms with E-state index in [1.54, 1.807) is 19.1 Å². The van der Waals surface area contributed by atoms with Crippen molar-refractivity contribution in [3.8, 4) is 5.75 Å². The molecule has 0 amide bonds. The third-order valence-corrected chi connectivity index (χ3v) is 4.27. The topological polar surface area (TPSA) is 65.0 Å². The summed E-state index contributed by atoms with van der Waals surface area (Å²) >= 11 is 0. The van der Waals surface area contributed by atoms with Gasteiger partial charge in [0.2, 0.25) is 0 Å². The zero-order valence-corrected chi connectivity index (χ0v) is 13.9. The summed E-state index contributed by atoms with van der Waals surface area (Å²) in [7, 11) is 0. The normalized spacial score (nSPS) is 24.4. The summed E-state index contributed by atoms with van der Waals surface area (Å²) < 4.78 is 10.3. The molecule has 0 saturated carbocycles. The highest BCUT2D eigenvalue weighted by molar-refractivity contribution is 6.02. The molecule has 5 nitrogen and oxygen atoms in total. The Labute approximate surface area is 135 Å². The van der Waals surface area contributed by atoms with Crippen LogP contribution < -0.4 is 15.3 Å². The van der Waals surface area contributed by atoms with Gasteiger partial charge in [-0.05, 0) is 50.8 Å². The average molecular weight is 315 g/mol. The van der Waals surface area contributed by atoms with E-state index in [2.05, 4.69) is 20.8 Å². The molecule has 0 aromatic heterocycles. The van der Waals surface area contributed by atoms with E-state index in [1.165, 1.54) is 0 Å². The molecular weight excluding hydrogens is 294 g/mol. The Hall–Kier alpha value is -2.17. The van der Waals surface area contributed by atoms with Crippen molar-refractivity contribution in [2.75, 3.05) is 6.61 Å². The van der Waals surface area contributed by atoms with Crippen molar-refractivity contribution in [1.29, 1.82) is 0 Å². The van der Waals surface area contributed by atoms with Crippen LogP contribution in [0.3, 0.4) is 0 Å². The largest absolute Gasteiger partial charge is 0.465 e. The molecule has 1 aromatic rings. The van der Waals surface area contributed by atoms with Crippen LogP contribution in [0.1, 0.15) is 45.6 Å². The van der Waals surface area contributed by atoms with Crippen LogP contribution in [0.5, 0.6) is 5.75 Å². The summed E-state index contributed by atoms with van der Waals surface area (Å²) in [5.41, 5.74) is 0.996. The van der Waals surface area contributed by atoms with Gasteiger partial charge < -0.3 is 9.47 Å². The Kier molecular flexibility index (Phi) is 3.74. The van der Waals surface area contributed by atoms with E-state index in [4.69, 9.17) is 14.5 Å². The third-order valence-electron chi connectivity index (χ3n) is 4.27. The Morgan fingerprint density at radius 1 is 1.43 bits per heavy atom. The number of nitrogens with zero attached hydrogens (tertiary/aromatic N) is 1. The molecule has 1 aromatic carbocycles. The molecule has 0 fully saturated rings. The quantitative estimate of drug-likeness (QED) is 0.471. The molecule has 0 bridgehead atoms. The van der Waals surface area contributed by atoms with Crippen LogP contribution in [-0.2, 0) is 14.3 Å². The smallest absolute Gasteiger partial charge is 0.329 e. The lowest BCUT2D eigenvalue weighted by atomic mass is 9.83. The van der Waals surface area contributed by atoms with Crippen LogP contribution >= 0.6 is 0 Å². The first-order valence-corrected chi connectivity index (χ1v) is 7.95. The van der Waals surface area contributed by atoms with Gasteiger partial charge in [0.25, 0.3) is 0 Å². The molecule has 2 aliphatic heterocycles. The van der Waals surface area contributed by atoms with E-state index in [0.717, 1.165) is 22.6 Å². The monoisotopic (exact) mass is 315 g/mol. The van der Waals surface area contributed by atoms with Gasteiger partial charge >= 0.3 is 11.9 Å². The number of fused-ring (bicyclic) bond motifs is 2. The maximum absolute atomic E-state index is 12.0. The van der Waals surface area contributed by atoms with Crippen LogP contribution in [0, 0.1) is 5.92 Å². The second-order valence-corrected chi connectivity index (χ2v) is 6.80. The molecule has 23 heavy (non-hydrogen) atoms. The van der Waals surface area contributed by atoms with E-state index in [-0.39, 0.29) is 12.1 Å². The van der Waals surface area contributed by atoms with Gasteiger partial charge in [0.05, 0.1) is 17.5 Å². The first kappa shape index (κ1) is 15.7.